The van der Waals surface area contributed by atoms with Crippen LogP contribution in [0.4, 0.5) is 0 Å². The van der Waals surface area contributed by atoms with E-state index in [2.05, 4.69) is 20.8 Å². The predicted octanol–water partition coefficient (Wildman–Crippen LogP) is 2.44. The van der Waals surface area contributed by atoms with Crippen molar-refractivity contribution in [2.45, 2.75) is 46.1 Å². The summed E-state index contributed by atoms with van der Waals surface area (Å²) in [7, 11) is 0. The molecule has 11 heavy (non-hydrogen) atoms. The van der Waals surface area contributed by atoms with E-state index < -0.39 is 0 Å². The largest absolute Gasteiger partial charge is 0.393 e. The van der Waals surface area contributed by atoms with Gasteiger partial charge in [0.2, 0.25) is 0 Å². The van der Waals surface area contributed by atoms with E-state index >= 15 is 0 Å². The first-order chi connectivity index (χ1) is 5.11. The Morgan fingerprint density at radius 3 is 2.36 bits per heavy atom. The van der Waals surface area contributed by atoms with E-state index in [1.54, 1.807) is 0 Å². The zero-order valence-corrected chi connectivity index (χ0v) is 7.88. The predicted molar refractivity (Wildman–Crippen MR) is 47.3 cm³/mol. The van der Waals surface area contributed by atoms with Crippen molar-refractivity contribution in [2.75, 3.05) is 0 Å². The molecule has 0 spiro atoms. The molecule has 0 saturated heterocycles. The number of rotatable bonds is 1. The zero-order valence-electron chi connectivity index (χ0n) is 7.88. The van der Waals surface area contributed by atoms with Crippen molar-refractivity contribution < 1.29 is 5.11 Å². The number of aliphatic hydroxyl groups is 1. The third-order valence-electron chi connectivity index (χ3n) is 2.99. The zero-order chi connectivity index (χ0) is 8.43. The quantitative estimate of drug-likeness (QED) is 0.618. The molecule has 1 rings (SSSR count). The number of aliphatic hydroxyl groups excluding tert-OH is 1. The number of hydrogen-bond donors (Lipinski definition) is 1. The second-order valence-corrected chi connectivity index (χ2v) is 4.39. The second kappa shape index (κ2) is 3.57. The van der Waals surface area contributed by atoms with Crippen LogP contribution in [0, 0.1) is 17.8 Å². The van der Waals surface area contributed by atoms with Crippen LogP contribution >= 0.6 is 0 Å². The average molecular weight is 156 g/mol. The minimum atomic E-state index is -0.0289. The van der Waals surface area contributed by atoms with Gasteiger partial charge in [-0.2, -0.15) is 0 Å². The van der Waals surface area contributed by atoms with Gasteiger partial charge >= 0.3 is 0 Å². The highest BCUT2D eigenvalue weighted by atomic mass is 16.3. The molecule has 0 aliphatic heterocycles. The fraction of sp³-hybridized carbons (Fsp3) is 1.00. The normalized spacial score (nSPS) is 39.5. The Bertz CT molecular complexity index is 120. The van der Waals surface area contributed by atoms with Crippen LogP contribution in [-0.4, -0.2) is 11.2 Å². The van der Waals surface area contributed by atoms with Gasteiger partial charge in [-0.1, -0.05) is 27.2 Å². The summed E-state index contributed by atoms with van der Waals surface area (Å²) in [5.41, 5.74) is 0. The van der Waals surface area contributed by atoms with Crippen molar-refractivity contribution in [1.82, 2.24) is 0 Å². The van der Waals surface area contributed by atoms with Crippen LogP contribution in [0.2, 0.25) is 0 Å². The summed E-state index contributed by atoms with van der Waals surface area (Å²) in [5, 5.41) is 9.71. The van der Waals surface area contributed by atoms with Gasteiger partial charge in [0, 0.05) is 0 Å². The highest BCUT2D eigenvalue weighted by molar-refractivity contribution is 4.79. The van der Waals surface area contributed by atoms with Crippen molar-refractivity contribution >= 4 is 0 Å². The standard InChI is InChI=1S/C10H20O/c1-7(2)9-5-4-8(3)6-10(9)11/h7-11H,4-6H2,1-3H3/t8-,9?,10+/m0/s1. The smallest absolute Gasteiger partial charge is 0.0573 e. The first-order valence-electron chi connectivity index (χ1n) is 4.79. The van der Waals surface area contributed by atoms with Gasteiger partial charge in [-0.15, -0.1) is 0 Å². The Balaban J connectivity index is 2.44. The van der Waals surface area contributed by atoms with E-state index in [1.807, 2.05) is 0 Å². The third-order valence-corrected chi connectivity index (χ3v) is 2.99. The fourth-order valence-corrected chi connectivity index (χ4v) is 2.15. The van der Waals surface area contributed by atoms with E-state index in [-0.39, 0.29) is 6.10 Å². The molecule has 0 amide bonds. The Labute approximate surface area is 69.8 Å². The van der Waals surface area contributed by atoms with Gasteiger partial charge in [-0.25, -0.2) is 0 Å². The lowest BCUT2D eigenvalue weighted by atomic mass is 9.75. The van der Waals surface area contributed by atoms with Crippen molar-refractivity contribution in [3.63, 3.8) is 0 Å². The molecule has 1 aliphatic rings. The molecule has 1 aliphatic carbocycles. The van der Waals surface area contributed by atoms with Crippen LogP contribution in [0.5, 0.6) is 0 Å². The molecule has 1 nitrogen and oxygen atoms in total. The van der Waals surface area contributed by atoms with E-state index in [4.69, 9.17) is 0 Å². The molecule has 1 saturated carbocycles. The Morgan fingerprint density at radius 1 is 1.27 bits per heavy atom. The van der Waals surface area contributed by atoms with Crippen LogP contribution in [0.3, 0.4) is 0 Å². The maximum absolute atomic E-state index is 9.71. The first-order valence-corrected chi connectivity index (χ1v) is 4.79. The monoisotopic (exact) mass is 156 g/mol. The summed E-state index contributed by atoms with van der Waals surface area (Å²) in [6.07, 6.45) is 3.52. The summed E-state index contributed by atoms with van der Waals surface area (Å²) < 4.78 is 0. The van der Waals surface area contributed by atoms with Crippen molar-refractivity contribution in [3.8, 4) is 0 Å². The topological polar surface area (TPSA) is 20.2 Å². The molecular formula is C10H20O. The maximum atomic E-state index is 9.71. The Morgan fingerprint density at radius 2 is 1.91 bits per heavy atom. The third kappa shape index (κ3) is 2.19. The molecule has 3 atom stereocenters. The lowest BCUT2D eigenvalue weighted by Gasteiger charge is -2.33. The van der Waals surface area contributed by atoms with E-state index in [9.17, 15) is 5.11 Å². The molecule has 0 aromatic heterocycles. The lowest BCUT2D eigenvalue weighted by Crippen LogP contribution is -2.31. The molecule has 1 fully saturated rings. The summed E-state index contributed by atoms with van der Waals surface area (Å²) in [6.45, 7) is 6.66. The average Bonchev–Trinajstić information content (AvgIpc) is 1.85. The van der Waals surface area contributed by atoms with Gasteiger partial charge in [0.15, 0.2) is 0 Å². The summed E-state index contributed by atoms with van der Waals surface area (Å²) in [5.74, 6) is 1.95. The SMILES string of the molecule is CC(C)C1CC[C@H](C)C[C@H]1O. The summed E-state index contributed by atoms with van der Waals surface area (Å²) >= 11 is 0. The van der Waals surface area contributed by atoms with Gasteiger partial charge in [-0.3, -0.25) is 0 Å². The summed E-state index contributed by atoms with van der Waals surface area (Å²) in [4.78, 5) is 0. The number of hydrogen-bond acceptors (Lipinski definition) is 1. The minimum Gasteiger partial charge on any atom is -0.393 e. The first kappa shape index (κ1) is 9.05. The second-order valence-electron chi connectivity index (χ2n) is 4.39. The van der Waals surface area contributed by atoms with Gasteiger partial charge in [0.1, 0.15) is 0 Å². The Hall–Kier alpha value is -0.0400. The van der Waals surface area contributed by atoms with Crippen molar-refractivity contribution in [2.24, 2.45) is 17.8 Å². The van der Waals surface area contributed by atoms with Gasteiger partial charge < -0.3 is 5.11 Å². The summed E-state index contributed by atoms with van der Waals surface area (Å²) in [6, 6.07) is 0. The Kier molecular flexibility index (Phi) is 2.94. The van der Waals surface area contributed by atoms with Gasteiger partial charge in [0.25, 0.3) is 0 Å². The lowest BCUT2D eigenvalue weighted by molar-refractivity contribution is 0.0266. The highest BCUT2D eigenvalue weighted by Gasteiger charge is 2.28. The van der Waals surface area contributed by atoms with Crippen LogP contribution in [0.15, 0.2) is 0 Å². The molecule has 0 aromatic rings. The molecular weight excluding hydrogens is 136 g/mol. The van der Waals surface area contributed by atoms with Gasteiger partial charge in [0.05, 0.1) is 6.10 Å². The van der Waals surface area contributed by atoms with E-state index in [0.717, 1.165) is 12.3 Å². The minimum absolute atomic E-state index is 0.0289. The van der Waals surface area contributed by atoms with Crippen LogP contribution < -0.4 is 0 Å². The van der Waals surface area contributed by atoms with Crippen molar-refractivity contribution in [3.05, 3.63) is 0 Å². The molecule has 0 radical (unpaired) electrons. The van der Waals surface area contributed by atoms with Crippen molar-refractivity contribution in [1.29, 1.82) is 0 Å². The van der Waals surface area contributed by atoms with Crippen LogP contribution in [-0.2, 0) is 0 Å². The van der Waals surface area contributed by atoms with Gasteiger partial charge in [-0.05, 0) is 30.6 Å². The molecule has 0 aromatic carbocycles. The molecule has 1 unspecified atom stereocenters. The molecule has 0 heterocycles. The molecule has 66 valence electrons. The molecule has 1 N–H and O–H groups in total. The van der Waals surface area contributed by atoms with Crippen LogP contribution in [0.1, 0.15) is 40.0 Å². The fourth-order valence-electron chi connectivity index (χ4n) is 2.15. The maximum Gasteiger partial charge on any atom is 0.0573 e. The van der Waals surface area contributed by atoms with E-state index in [0.29, 0.717) is 11.8 Å². The molecule has 1 heteroatoms. The van der Waals surface area contributed by atoms with Crippen LogP contribution in [0.25, 0.3) is 0 Å². The molecule has 0 bridgehead atoms. The highest BCUT2D eigenvalue weighted by Crippen LogP contribution is 2.33. The van der Waals surface area contributed by atoms with E-state index in [1.165, 1.54) is 12.8 Å².